The molecule has 0 aliphatic rings. The van der Waals surface area contributed by atoms with Crippen LogP contribution >= 0.6 is 11.3 Å². The summed E-state index contributed by atoms with van der Waals surface area (Å²) in [6, 6.07) is 6.22. The highest BCUT2D eigenvalue weighted by atomic mass is 32.1. The molecular weight excluding hydrogens is 206 g/mol. The fraction of sp³-hybridized carbons (Fsp3) is 0.273. The highest BCUT2D eigenvalue weighted by molar-refractivity contribution is 7.13. The van der Waals surface area contributed by atoms with Gasteiger partial charge in [-0.2, -0.15) is 5.26 Å². The van der Waals surface area contributed by atoms with Crippen LogP contribution in [0.3, 0.4) is 0 Å². The predicted molar refractivity (Wildman–Crippen MR) is 60.6 cm³/mol. The van der Waals surface area contributed by atoms with E-state index >= 15 is 0 Å². The second-order valence-corrected chi connectivity index (χ2v) is 4.29. The second kappa shape index (κ2) is 3.87. The molecule has 0 aliphatic carbocycles. The minimum absolute atomic E-state index is 0.417. The maximum atomic E-state index is 8.72. The van der Waals surface area contributed by atoms with Crippen molar-refractivity contribution >= 4 is 11.3 Å². The van der Waals surface area contributed by atoms with Gasteiger partial charge in [-0.05, 0) is 18.4 Å². The monoisotopic (exact) mass is 217 g/mol. The van der Waals surface area contributed by atoms with Gasteiger partial charge in [0.05, 0.1) is 28.8 Å². The number of imidazole rings is 1. The SMILES string of the molecule is Cc1nc(-c2cccs2)n(C)c1CC#N. The molecule has 0 saturated carbocycles. The molecule has 0 bridgehead atoms. The van der Waals surface area contributed by atoms with Crippen LogP contribution in [0.25, 0.3) is 10.7 Å². The minimum atomic E-state index is 0.417. The third-order valence-corrected chi connectivity index (χ3v) is 3.27. The lowest BCUT2D eigenvalue weighted by Crippen LogP contribution is -1.97. The summed E-state index contributed by atoms with van der Waals surface area (Å²) in [5, 5.41) is 10.8. The number of aryl methyl sites for hydroxylation is 1. The molecule has 0 spiro atoms. The maximum absolute atomic E-state index is 8.72. The first-order chi connectivity index (χ1) is 7.24. The molecule has 0 fully saturated rings. The molecule has 2 aromatic rings. The topological polar surface area (TPSA) is 41.6 Å². The lowest BCUT2D eigenvalue weighted by Gasteiger charge is -2.01. The Morgan fingerprint density at radius 3 is 3.00 bits per heavy atom. The zero-order valence-electron chi connectivity index (χ0n) is 8.69. The van der Waals surface area contributed by atoms with E-state index in [1.165, 1.54) is 0 Å². The molecule has 3 nitrogen and oxygen atoms in total. The molecular formula is C11H11N3S. The minimum Gasteiger partial charge on any atom is -0.329 e. The summed E-state index contributed by atoms with van der Waals surface area (Å²) in [7, 11) is 1.96. The Kier molecular flexibility index (Phi) is 2.57. The molecule has 0 radical (unpaired) electrons. The Morgan fingerprint density at radius 2 is 2.40 bits per heavy atom. The van der Waals surface area contributed by atoms with E-state index in [9.17, 15) is 0 Å². The number of aromatic nitrogens is 2. The first-order valence-corrected chi connectivity index (χ1v) is 5.55. The maximum Gasteiger partial charge on any atom is 0.150 e. The molecule has 2 heterocycles. The van der Waals surface area contributed by atoms with E-state index in [-0.39, 0.29) is 0 Å². The number of hydrogen-bond donors (Lipinski definition) is 0. The van der Waals surface area contributed by atoms with Crippen molar-refractivity contribution in [3.63, 3.8) is 0 Å². The average molecular weight is 217 g/mol. The van der Waals surface area contributed by atoms with Crippen molar-refractivity contribution in [3.8, 4) is 16.8 Å². The Balaban J connectivity index is 2.52. The molecule has 0 atom stereocenters. The average Bonchev–Trinajstić information content (AvgIpc) is 2.81. The van der Waals surface area contributed by atoms with E-state index in [4.69, 9.17) is 5.26 Å². The summed E-state index contributed by atoms with van der Waals surface area (Å²) >= 11 is 1.66. The summed E-state index contributed by atoms with van der Waals surface area (Å²) in [6.07, 6.45) is 0.417. The van der Waals surface area contributed by atoms with Gasteiger partial charge in [0, 0.05) is 7.05 Å². The Hall–Kier alpha value is -1.60. The van der Waals surface area contributed by atoms with E-state index in [1.54, 1.807) is 11.3 Å². The largest absolute Gasteiger partial charge is 0.329 e. The van der Waals surface area contributed by atoms with Crippen molar-refractivity contribution in [2.45, 2.75) is 13.3 Å². The summed E-state index contributed by atoms with van der Waals surface area (Å²) < 4.78 is 2.00. The van der Waals surface area contributed by atoms with E-state index in [1.807, 2.05) is 36.1 Å². The fourth-order valence-electron chi connectivity index (χ4n) is 1.62. The van der Waals surface area contributed by atoms with Gasteiger partial charge in [0.2, 0.25) is 0 Å². The molecule has 0 amide bonds. The van der Waals surface area contributed by atoms with Gasteiger partial charge in [-0.15, -0.1) is 11.3 Å². The van der Waals surface area contributed by atoms with Crippen LogP contribution < -0.4 is 0 Å². The lowest BCUT2D eigenvalue weighted by molar-refractivity contribution is 0.861. The molecule has 2 aromatic heterocycles. The predicted octanol–water partition coefficient (Wildman–Crippen LogP) is 2.52. The van der Waals surface area contributed by atoms with Gasteiger partial charge in [0.1, 0.15) is 5.82 Å². The summed E-state index contributed by atoms with van der Waals surface area (Å²) in [5.41, 5.74) is 1.95. The molecule has 0 aromatic carbocycles. The molecule has 0 saturated heterocycles. The molecule has 0 aliphatic heterocycles. The van der Waals surface area contributed by atoms with Gasteiger partial charge in [-0.25, -0.2) is 4.98 Å². The molecule has 0 unspecified atom stereocenters. The molecule has 76 valence electrons. The van der Waals surface area contributed by atoms with Gasteiger partial charge in [0.15, 0.2) is 0 Å². The van der Waals surface area contributed by atoms with Crippen molar-refractivity contribution in [1.29, 1.82) is 5.26 Å². The zero-order valence-corrected chi connectivity index (χ0v) is 9.51. The number of nitrogens with zero attached hydrogens (tertiary/aromatic N) is 3. The van der Waals surface area contributed by atoms with E-state index in [0.29, 0.717) is 6.42 Å². The van der Waals surface area contributed by atoms with Gasteiger partial charge in [0.25, 0.3) is 0 Å². The summed E-state index contributed by atoms with van der Waals surface area (Å²) in [5.74, 6) is 0.952. The standard InChI is InChI=1S/C11H11N3S/c1-8-9(5-6-12)14(2)11(13-8)10-4-3-7-15-10/h3-4,7H,5H2,1-2H3. The normalized spacial score (nSPS) is 10.2. The molecule has 15 heavy (non-hydrogen) atoms. The van der Waals surface area contributed by atoms with E-state index < -0.39 is 0 Å². The number of hydrogen-bond acceptors (Lipinski definition) is 3. The highest BCUT2D eigenvalue weighted by Gasteiger charge is 2.12. The molecule has 4 heteroatoms. The fourth-order valence-corrected chi connectivity index (χ4v) is 2.37. The second-order valence-electron chi connectivity index (χ2n) is 3.34. The van der Waals surface area contributed by atoms with Gasteiger partial charge < -0.3 is 4.57 Å². The van der Waals surface area contributed by atoms with Crippen LogP contribution in [0.1, 0.15) is 11.4 Å². The van der Waals surface area contributed by atoms with Crippen LogP contribution in [0, 0.1) is 18.3 Å². The van der Waals surface area contributed by atoms with Crippen molar-refractivity contribution in [2.24, 2.45) is 7.05 Å². The first-order valence-electron chi connectivity index (χ1n) is 4.67. The summed E-state index contributed by atoms with van der Waals surface area (Å²) in [4.78, 5) is 5.64. The first kappa shape index (κ1) is 9.94. The smallest absolute Gasteiger partial charge is 0.150 e. The third kappa shape index (κ3) is 1.66. The van der Waals surface area contributed by atoms with Crippen LogP contribution in [-0.2, 0) is 13.5 Å². The molecule has 2 rings (SSSR count). The van der Waals surface area contributed by atoms with E-state index in [0.717, 1.165) is 22.1 Å². The summed E-state index contributed by atoms with van der Waals surface area (Å²) in [6.45, 7) is 1.95. The number of thiophene rings is 1. The Labute approximate surface area is 92.6 Å². The van der Waals surface area contributed by atoms with Crippen LogP contribution in [0.5, 0.6) is 0 Å². The Bertz CT molecular complexity index is 503. The quantitative estimate of drug-likeness (QED) is 0.775. The van der Waals surface area contributed by atoms with Crippen LogP contribution in [0.4, 0.5) is 0 Å². The van der Waals surface area contributed by atoms with Crippen molar-refractivity contribution in [2.75, 3.05) is 0 Å². The lowest BCUT2D eigenvalue weighted by atomic mass is 10.3. The van der Waals surface area contributed by atoms with Gasteiger partial charge >= 0.3 is 0 Å². The van der Waals surface area contributed by atoms with Crippen molar-refractivity contribution in [3.05, 3.63) is 28.9 Å². The van der Waals surface area contributed by atoms with E-state index in [2.05, 4.69) is 11.1 Å². The van der Waals surface area contributed by atoms with Crippen LogP contribution in [0.15, 0.2) is 17.5 Å². The number of rotatable bonds is 2. The third-order valence-electron chi connectivity index (χ3n) is 2.40. The van der Waals surface area contributed by atoms with Crippen LogP contribution in [0.2, 0.25) is 0 Å². The number of nitriles is 1. The highest BCUT2D eigenvalue weighted by Crippen LogP contribution is 2.25. The van der Waals surface area contributed by atoms with Gasteiger partial charge in [-0.1, -0.05) is 6.07 Å². The van der Waals surface area contributed by atoms with Gasteiger partial charge in [-0.3, -0.25) is 0 Å². The Morgan fingerprint density at radius 1 is 1.60 bits per heavy atom. The van der Waals surface area contributed by atoms with Crippen LogP contribution in [-0.4, -0.2) is 9.55 Å². The molecule has 0 N–H and O–H groups in total. The zero-order chi connectivity index (χ0) is 10.8. The van der Waals surface area contributed by atoms with Crippen molar-refractivity contribution in [1.82, 2.24) is 9.55 Å². The van der Waals surface area contributed by atoms with Crippen molar-refractivity contribution < 1.29 is 0 Å².